The summed E-state index contributed by atoms with van der Waals surface area (Å²) in [7, 11) is 0. The number of piperazine rings is 1. The summed E-state index contributed by atoms with van der Waals surface area (Å²) in [6.07, 6.45) is -3.52. The number of para-hydroxylation sites is 1. The molecule has 4 rings (SSSR count). The predicted octanol–water partition coefficient (Wildman–Crippen LogP) is 4.42. The molecule has 0 spiro atoms. The van der Waals surface area contributed by atoms with E-state index in [1.807, 2.05) is 24.3 Å². The lowest BCUT2D eigenvalue weighted by molar-refractivity contribution is -0.137. The Morgan fingerprint density at radius 3 is 2.39 bits per heavy atom. The summed E-state index contributed by atoms with van der Waals surface area (Å²) in [5, 5.41) is 1.08. The van der Waals surface area contributed by atoms with E-state index in [4.69, 9.17) is 4.98 Å². The molecule has 0 N–H and O–H groups in total. The number of pyridine rings is 1. The summed E-state index contributed by atoms with van der Waals surface area (Å²) in [4.78, 5) is 9.33. The van der Waals surface area contributed by atoms with Crippen molar-refractivity contribution in [1.29, 1.82) is 0 Å². The summed E-state index contributed by atoms with van der Waals surface area (Å²) in [5.41, 5.74) is 1.22. The number of hydrogen-bond donors (Lipinski definition) is 0. The van der Waals surface area contributed by atoms with E-state index in [2.05, 4.69) is 21.9 Å². The lowest BCUT2D eigenvalue weighted by atomic mass is 10.1. The third kappa shape index (κ3) is 4.28. The van der Waals surface area contributed by atoms with E-state index in [1.54, 1.807) is 12.1 Å². The van der Waals surface area contributed by atoms with Crippen LogP contribution in [0.4, 0.5) is 19.0 Å². The van der Waals surface area contributed by atoms with Gasteiger partial charge in [0.2, 0.25) is 0 Å². The Kier molecular flexibility index (Phi) is 5.22. The third-order valence-electron chi connectivity index (χ3n) is 5.20. The SMILES string of the molecule is FC(F)(F)c1ccc(CCN2CCN(c3ccc4ccc[c]c4n3)CC2)cc1. The van der Waals surface area contributed by atoms with Gasteiger partial charge in [-0.3, -0.25) is 4.90 Å². The van der Waals surface area contributed by atoms with Crippen molar-refractivity contribution >= 4 is 16.7 Å². The zero-order chi connectivity index (χ0) is 19.6. The molecule has 1 aromatic heterocycles. The molecule has 145 valence electrons. The van der Waals surface area contributed by atoms with Crippen LogP contribution in [0.2, 0.25) is 0 Å². The van der Waals surface area contributed by atoms with Crippen molar-refractivity contribution in [2.24, 2.45) is 0 Å². The van der Waals surface area contributed by atoms with Gasteiger partial charge in [-0.1, -0.05) is 30.3 Å². The van der Waals surface area contributed by atoms with E-state index in [-0.39, 0.29) is 0 Å². The van der Waals surface area contributed by atoms with Crippen LogP contribution >= 0.6 is 0 Å². The summed E-state index contributed by atoms with van der Waals surface area (Å²) < 4.78 is 37.9. The monoisotopic (exact) mass is 384 g/mol. The Hall–Kier alpha value is -2.60. The van der Waals surface area contributed by atoms with Crippen molar-refractivity contribution in [2.75, 3.05) is 37.6 Å². The fourth-order valence-corrected chi connectivity index (χ4v) is 3.51. The molecular formula is C22H21F3N3. The van der Waals surface area contributed by atoms with E-state index in [0.29, 0.717) is 0 Å². The summed E-state index contributed by atoms with van der Waals surface area (Å²) in [5.74, 6) is 0.970. The lowest BCUT2D eigenvalue weighted by Gasteiger charge is -2.35. The number of anilines is 1. The van der Waals surface area contributed by atoms with Gasteiger partial charge < -0.3 is 4.90 Å². The van der Waals surface area contributed by atoms with Crippen LogP contribution in [-0.2, 0) is 12.6 Å². The van der Waals surface area contributed by atoms with E-state index in [9.17, 15) is 13.2 Å². The number of nitrogens with zero attached hydrogens (tertiary/aromatic N) is 3. The zero-order valence-corrected chi connectivity index (χ0v) is 15.4. The van der Waals surface area contributed by atoms with E-state index < -0.39 is 11.7 Å². The smallest absolute Gasteiger partial charge is 0.354 e. The first-order chi connectivity index (χ1) is 13.5. The Morgan fingerprint density at radius 1 is 0.929 bits per heavy atom. The van der Waals surface area contributed by atoms with Gasteiger partial charge in [-0.15, -0.1) is 0 Å². The Balaban J connectivity index is 1.30. The minimum absolute atomic E-state index is 0.593. The second-order valence-corrected chi connectivity index (χ2v) is 7.05. The highest BCUT2D eigenvalue weighted by Gasteiger charge is 2.29. The van der Waals surface area contributed by atoms with Crippen LogP contribution in [0.3, 0.4) is 0 Å². The normalized spacial score (nSPS) is 15.9. The van der Waals surface area contributed by atoms with Crippen LogP contribution in [0.1, 0.15) is 11.1 Å². The number of benzene rings is 2. The highest BCUT2D eigenvalue weighted by atomic mass is 19.4. The Labute approximate surface area is 162 Å². The molecule has 6 heteroatoms. The number of alkyl halides is 3. The van der Waals surface area contributed by atoms with Crippen molar-refractivity contribution in [3.63, 3.8) is 0 Å². The molecular weight excluding hydrogens is 363 g/mol. The lowest BCUT2D eigenvalue weighted by Crippen LogP contribution is -2.47. The largest absolute Gasteiger partial charge is 0.416 e. The standard InChI is InChI=1S/C22H21F3N3/c23-22(24,25)19-8-5-17(6-9-19)11-12-27-13-15-28(16-14-27)21-10-7-18-3-1-2-4-20(18)26-21/h1-3,5-10H,11-16H2. The maximum absolute atomic E-state index is 12.6. The van der Waals surface area contributed by atoms with Gasteiger partial charge in [0, 0.05) is 44.2 Å². The first-order valence-corrected chi connectivity index (χ1v) is 9.40. The summed E-state index contributed by atoms with van der Waals surface area (Å²) in [6, 6.07) is 18.6. The minimum atomic E-state index is -4.27. The molecule has 3 nitrogen and oxygen atoms in total. The molecule has 28 heavy (non-hydrogen) atoms. The highest BCUT2D eigenvalue weighted by Crippen LogP contribution is 2.29. The topological polar surface area (TPSA) is 19.4 Å². The molecule has 2 aromatic carbocycles. The van der Waals surface area contributed by atoms with Crippen LogP contribution in [0, 0.1) is 6.07 Å². The van der Waals surface area contributed by atoms with E-state index >= 15 is 0 Å². The van der Waals surface area contributed by atoms with Crippen molar-refractivity contribution < 1.29 is 13.2 Å². The number of fused-ring (bicyclic) bond motifs is 1. The molecule has 3 aromatic rings. The molecule has 0 unspecified atom stereocenters. The maximum Gasteiger partial charge on any atom is 0.416 e. The van der Waals surface area contributed by atoms with Gasteiger partial charge in [0.25, 0.3) is 0 Å². The van der Waals surface area contributed by atoms with Gasteiger partial charge >= 0.3 is 6.18 Å². The van der Waals surface area contributed by atoms with Gasteiger partial charge in [0.05, 0.1) is 11.1 Å². The molecule has 0 bridgehead atoms. The number of rotatable bonds is 4. The summed E-state index contributed by atoms with van der Waals surface area (Å²) in [6.45, 7) is 4.45. The van der Waals surface area contributed by atoms with Gasteiger partial charge in [0.1, 0.15) is 5.82 Å². The first-order valence-electron chi connectivity index (χ1n) is 9.40. The maximum atomic E-state index is 12.6. The minimum Gasteiger partial charge on any atom is -0.354 e. The second kappa shape index (κ2) is 7.80. The molecule has 0 atom stereocenters. The van der Waals surface area contributed by atoms with E-state index in [1.165, 1.54) is 0 Å². The number of halogens is 3. The molecule has 0 aliphatic carbocycles. The van der Waals surface area contributed by atoms with Crippen molar-refractivity contribution in [2.45, 2.75) is 12.6 Å². The predicted molar refractivity (Wildman–Crippen MR) is 104 cm³/mol. The van der Waals surface area contributed by atoms with Crippen LogP contribution in [0.15, 0.2) is 54.6 Å². The molecule has 1 saturated heterocycles. The fraction of sp³-hybridized carbons (Fsp3) is 0.318. The Morgan fingerprint density at radius 2 is 1.68 bits per heavy atom. The average molecular weight is 384 g/mol. The summed E-state index contributed by atoms with van der Waals surface area (Å²) >= 11 is 0. The van der Waals surface area contributed by atoms with Crippen LogP contribution in [-0.4, -0.2) is 42.6 Å². The van der Waals surface area contributed by atoms with Crippen LogP contribution < -0.4 is 4.90 Å². The molecule has 2 heterocycles. The first kappa shape index (κ1) is 18.7. The van der Waals surface area contributed by atoms with Crippen molar-refractivity contribution in [3.05, 3.63) is 71.8 Å². The van der Waals surface area contributed by atoms with Crippen molar-refractivity contribution in [3.8, 4) is 0 Å². The quantitative estimate of drug-likeness (QED) is 0.664. The third-order valence-corrected chi connectivity index (χ3v) is 5.20. The molecule has 1 aliphatic heterocycles. The number of hydrogen-bond acceptors (Lipinski definition) is 3. The second-order valence-electron chi connectivity index (χ2n) is 7.05. The molecule has 0 amide bonds. The molecule has 1 fully saturated rings. The average Bonchev–Trinajstić information content (AvgIpc) is 2.72. The highest BCUT2D eigenvalue weighted by molar-refractivity contribution is 5.79. The molecule has 1 radical (unpaired) electrons. The molecule has 1 aliphatic rings. The van der Waals surface area contributed by atoms with E-state index in [0.717, 1.165) is 73.6 Å². The van der Waals surface area contributed by atoms with Gasteiger partial charge in [-0.05, 0) is 36.2 Å². The molecule has 0 saturated carbocycles. The fourth-order valence-electron chi connectivity index (χ4n) is 3.51. The van der Waals surface area contributed by atoms with Crippen LogP contribution in [0.25, 0.3) is 10.9 Å². The van der Waals surface area contributed by atoms with Gasteiger partial charge in [0.15, 0.2) is 0 Å². The van der Waals surface area contributed by atoms with Gasteiger partial charge in [-0.2, -0.15) is 13.2 Å². The zero-order valence-electron chi connectivity index (χ0n) is 15.4. The Bertz CT molecular complexity index is 930. The van der Waals surface area contributed by atoms with Crippen molar-refractivity contribution in [1.82, 2.24) is 9.88 Å². The van der Waals surface area contributed by atoms with Crippen LogP contribution in [0.5, 0.6) is 0 Å². The van der Waals surface area contributed by atoms with Gasteiger partial charge in [-0.25, -0.2) is 4.98 Å². The number of aromatic nitrogens is 1.